The lowest BCUT2D eigenvalue weighted by atomic mass is 9.49. The highest BCUT2D eigenvalue weighted by Crippen LogP contribution is 2.55. The summed E-state index contributed by atoms with van der Waals surface area (Å²) in [4.78, 5) is 69.9. The molecule has 4 amide bonds. The summed E-state index contributed by atoms with van der Waals surface area (Å²) in [5.41, 5.74) is 1.06. The molecule has 0 spiro atoms. The van der Waals surface area contributed by atoms with Crippen LogP contribution in [0.3, 0.4) is 0 Å². The summed E-state index contributed by atoms with van der Waals surface area (Å²) in [6.45, 7) is 14.6. The van der Waals surface area contributed by atoms with Crippen molar-refractivity contribution in [3.05, 3.63) is 70.9 Å². The number of piperidine rings is 2. The quantitative estimate of drug-likeness (QED) is 0.254. The van der Waals surface area contributed by atoms with Crippen molar-refractivity contribution in [2.75, 3.05) is 55.6 Å². The smallest absolute Gasteiger partial charge is 0.271 e. The fraction of sp³-hybridized carbons (Fsp3) is 0.512. The van der Waals surface area contributed by atoms with Crippen LogP contribution in [0.5, 0.6) is 5.75 Å². The Hall–Kier alpha value is -5.33. The number of halogens is 1. The first kappa shape index (κ1) is 39.9. The number of hydrogen-bond acceptors (Lipinski definition) is 12. The molecule has 1 saturated carbocycles. The number of ether oxygens (including phenoxy) is 1. The van der Waals surface area contributed by atoms with Crippen LogP contribution in [0.15, 0.2) is 48.9 Å². The van der Waals surface area contributed by atoms with E-state index in [9.17, 15) is 24.4 Å². The van der Waals surface area contributed by atoms with Gasteiger partial charge in [-0.25, -0.2) is 15.0 Å². The maximum atomic E-state index is 13.4. The topological polar surface area (TPSA) is 186 Å². The molecule has 16 heteroatoms. The number of rotatable bonds is 10. The van der Waals surface area contributed by atoms with Crippen LogP contribution in [0, 0.1) is 28.1 Å². The van der Waals surface area contributed by atoms with Gasteiger partial charge in [-0.3, -0.25) is 29.4 Å². The summed E-state index contributed by atoms with van der Waals surface area (Å²) in [7, 11) is 0. The maximum absolute atomic E-state index is 13.4. The molecule has 4 fully saturated rings. The molecule has 7 rings (SSSR count). The number of carbonyl (C=O) groups excluding carboxylic acids is 4. The second kappa shape index (κ2) is 16.3. The van der Waals surface area contributed by atoms with Gasteiger partial charge in [0, 0.05) is 75.2 Å². The largest absolute Gasteiger partial charge is 0.489 e. The third-order valence-corrected chi connectivity index (χ3v) is 12.3. The molecule has 5 heterocycles. The molecule has 4 aliphatic rings. The van der Waals surface area contributed by atoms with Gasteiger partial charge in [-0.05, 0) is 49.4 Å². The highest BCUT2D eigenvalue weighted by molar-refractivity contribution is 6.31. The number of nitrogens with one attached hydrogen (secondary N) is 3. The van der Waals surface area contributed by atoms with E-state index in [1.54, 1.807) is 42.9 Å². The zero-order chi connectivity index (χ0) is 40.5. The summed E-state index contributed by atoms with van der Waals surface area (Å²) >= 11 is 6.24. The molecule has 3 aromatic rings. The van der Waals surface area contributed by atoms with Crippen molar-refractivity contribution >= 4 is 46.7 Å². The van der Waals surface area contributed by atoms with E-state index in [0.29, 0.717) is 22.3 Å². The molecule has 1 aromatic carbocycles. The Morgan fingerprint density at radius 1 is 0.877 bits per heavy atom. The van der Waals surface area contributed by atoms with E-state index in [1.165, 1.54) is 0 Å². The van der Waals surface area contributed by atoms with E-state index < -0.39 is 28.7 Å². The van der Waals surface area contributed by atoms with Crippen molar-refractivity contribution in [2.45, 2.75) is 71.6 Å². The van der Waals surface area contributed by atoms with Gasteiger partial charge in [0.05, 0.1) is 34.9 Å². The predicted octanol–water partition coefficient (Wildman–Crippen LogP) is 3.58. The molecule has 0 bridgehead atoms. The van der Waals surface area contributed by atoms with Crippen LogP contribution < -0.4 is 30.5 Å². The molecule has 3 aliphatic heterocycles. The Morgan fingerprint density at radius 3 is 2.19 bits per heavy atom. The third-order valence-electron chi connectivity index (χ3n) is 12.0. The monoisotopic (exact) mass is 796 g/mol. The van der Waals surface area contributed by atoms with E-state index in [-0.39, 0.29) is 48.2 Å². The lowest BCUT2D eigenvalue weighted by molar-refractivity contribution is -0.164. The highest BCUT2D eigenvalue weighted by Gasteiger charge is 2.64. The average Bonchev–Trinajstić information content (AvgIpc) is 3.20. The second-order valence-corrected chi connectivity index (χ2v) is 17.1. The van der Waals surface area contributed by atoms with Crippen molar-refractivity contribution in [1.29, 1.82) is 5.26 Å². The lowest BCUT2D eigenvalue weighted by Gasteiger charge is -2.63. The molecule has 2 aromatic heterocycles. The van der Waals surface area contributed by atoms with Gasteiger partial charge < -0.3 is 25.2 Å². The summed E-state index contributed by atoms with van der Waals surface area (Å²) < 4.78 is 6.35. The number of aromatic nitrogens is 3. The first-order valence-electron chi connectivity index (χ1n) is 19.5. The average molecular weight is 797 g/mol. The van der Waals surface area contributed by atoms with E-state index >= 15 is 0 Å². The van der Waals surface area contributed by atoms with Crippen LogP contribution >= 0.6 is 11.6 Å². The SMILES string of the molecule is CC1(C)C(NC(=O)c2cnc(N3CCC(CN4CCN(c5ccc(C(=O)N[C@@H]6CCC(=O)NC6=O)nc5)CC4)CC3)cn2)C(C)(C)C1Oc1ccc(C#N)c(Cl)c1. The molecular formula is C41H49ClN10O5. The Morgan fingerprint density at radius 2 is 1.58 bits per heavy atom. The van der Waals surface area contributed by atoms with Crippen molar-refractivity contribution in [3.63, 3.8) is 0 Å². The molecule has 0 radical (unpaired) electrons. The number of benzene rings is 1. The van der Waals surface area contributed by atoms with Gasteiger partial charge in [0.2, 0.25) is 11.8 Å². The van der Waals surface area contributed by atoms with Gasteiger partial charge in [-0.1, -0.05) is 39.3 Å². The highest BCUT2D eigenvalue weighted by atomic mass is 35.5. The zero-order valence-electron chi connectivity index (χ0n) is 32.8. The Balaban J connectivity index is 0.832. The minimum absolute atomic E-state index is 0.182. The van der Waals surface area contributed by atoms with E-state index in [1.807, 2.05) is 6.07 Å². The van der Waals surface area contributed by atoms with Crippen molar-refractivity contribution in [2.24, 2.45) is 16.7 Å². The van der Waals surface area contributed by atoms with Crippen molar-refractivity contribution in [3.8, 4) is 11.8 Å². The van der Waals surface area contributed by atoms with Crippen molar-refractivity contribution < 1.29 is 23.9 Å². The number of amides is 4. The molecule has 1 aliphatic carbocycles. The normalized spacial score (nSPS) is 23.5. The molecule has 0 unspecified atom stereocenters. The number of nitriles is 1. The van der Waals surface area contributed by atoms with Gasteiger partial charge >= 0.3 is 0 Å². The molecule has 15 nitrogen and oxygen atoms in total. The minimum Gasteiger partial charge on any atom is -0.489 e. The van der Waals surface area contributed by atoms with E-state index in [4.69, 9.17) is 16.3 Å². The van der Waals surface area contributed by atoms with E-state index in [0.717, 1.165) is 70.2 Å². The van der Waals surface area contributed by atoms with Crippen LogP contribution in [0.2, 0.25) is 5.02 Å². The number of anilines is 2. The number of nitrogens with zero attached hydrogens (tertiary/aromatic N) is 7. The Labute approximate surface area is 337 Å². The van der Waals surface area contributed by atoms with Crippen molar-refractivity contribution in [1.82, 2.24) is 35.8 Å². The van der Waals surface area contributed by atoms with Crippen LogP contribution in [0.1, 0.15) is 79.9 Å². The standard InChI is InChI=1S/C41H49ClN10O5/c1-40(2)38(41(3,4)39(40)57-28-7-5-26(20-43)29(42)19-28)49-37(56)32-22-46-33(23-45-32)52-13-11-25(12-14-52)24-50-15-17-51(18-16-50)27-6-8-30(44-21-27)35(54)47-31-9-10-34(53)48-36(31)55/h5-8,19,21-23,25,31,38-39H,9-18,24H2,1-4H3,(H,47,54)(H,49,56)(H,48,53,55)/t31-,38?,39?/m1/s1. The number of hydrogen-bond donors (Lipinski definition) is 3. The van der Waals surface area contributed by atoms with Crippen LogP contribution in [0.4, 0.5) is 11.5 Å². The van der Waals surface area contributed by atoms with Crippen LogP contribution in [-0.2, 0) is 9.59 Å². The number of pyridine rings is 1. The number of imide groups is 1. The van der Waals surface area contributed by atoms with E-state index in [2.05, 4.69) is 79.4 Å². The molecule has 3 saturated heterocycles. The van der Waals surface area contributed by atoms with Gasteiger partial charge in [-0.15, -0.1) is 0 Å². The second-order valence-electron chi connectivity index (χ2n) is 16.7. The fourth-order valence-corrected chi connectivity index (χ4v) is 9.28. The van der Waals surface area contributed by atoms with Crippen LogP contribution in [-0.4, -0.2) is 107 Å². The Kier molecular flexibility index (Phi) is 11.4. The third kappa shape index (κ3) is 8.52. The summed E-state index contributed by atoms with van der Waals surface area (Å²) in [6, 6.07) is 9.75. The molecule has 1 atom stereocenters. The summed E-state index contributed by atoms with van der Waals surface area (Å²) in [5.74, 6) is 0.394. The molecule has 57 heavy (non-hydrogen) atoms. The van der Waals surface area contributed by atoms with Gasteiger partial charge in [0.15, 0.2) is 0 Å². The number of piperazine rings is 1. The van der Waals surface area contributed by atoms with Gasteiger partial charge in [-0.2, -0.15) is 5.26 Å². The minimum atomic E-state index is -0.738. The summed E-state index contributed by atoms with van der Waals surface area (Å²) in [5, 5.41) is 17.6. The lowest BCUT2D eigenvalue weighted by Crippen LogP contribution is -2.74. The van der Waals surface area contributed by atoms with Crippen LogP contribution in [0.25, 0.3) is 0 Å². The van der Waals surface area contributed by atoms with Gasteiger partial charge in [0.25, 0.3) is 11.8 Å². The first-order valence-corrected chi connectivity index (χ1v) is 19.9. The van der Waals surface area contributed by atoms with Gasteiger partial charge in [0.1, 0.15) is 41.2 Å². The first-order chi connectivity index (χ1) is 27.2. The molecular weight excluding hydrogens is 748 g/mol. The Bertz CT molecular complexity index is 2020. The zero-order valence-corrected chi connectivity index (χ0v) is 33.5. The molecule has 300 valence electrons. The summed E-state index contributed by atoms with van der Waals surface area (Å²) in [6.07, 6.45) is 7.30. The maximum Gasteiger partial charge on any atom is 0.271 e. The number of carbonyl (C=O) groups is 4. The fourth-order valence-electron chi connectivity index (χ4n) is 9.07. The predicted molar refractivity (Wildman–Crippen MR) is 213 cm³/mol. The molecule has 3 N–H and O–H groups in total.